The third-order valence-corrected chi connectivity index (χ3v) is 4.41. The summed E-state index contributed by atoms with van der Waals surface area (Å²) in [5, 5.41) is 0. The Balaban J connectivity index is 1.56. The van der Waals surface area contributed by atoms with Gasteiger partial charge in [-0.05, 0) is 36.8 Å². The molecule has 1 saturated heterocycles. The van der Waals surface area contributed by atoms with E-state index in [1.165, 1.54) is 6.07 Å². The summed E-state index contributed by atoms with van der Waals surface area (Å²) in [4.78, 5) is 32.2. The predicted molar refractivity (Wildman–Crippen MR) is 91.5 cm³/mol. The molecule has 1 aromatic carbocycles. The van der Waals surface area contributed by atoms with Crippen LogP contribution in [-0.2, 0) is 11.2 Å². The van der Waals surface area contributed by atoms with Crippen molar-refractivity contribution in [2.24, 2.45) is 0 Å². The molecule has 1 aromatic heterocycles. The maximum Gasteiger partial charge on any atom is 0.254 e. The lowest BCUT2D eigenvalue weighted by molar-refractivity contribution is -0.131. The fourth-order valence-electron chi connectivity index (χ4n) is 2.86. The summed E-state index contributed by atoms with van der Waals surface area (Å²) in [7, 11) is 0. The molecule has 0 unspecified atom stereocenters. The van der Waals surface area contributed by atoms with Crippen molar-refractivity contribution in [1.29, 1.82) is 0 Å². The first-order valence-electron chi connectivity index (χ1n) is 8.37. The number of halogens is 2. The van der Waals surface area contributed by atoms with Crippen molar-refractivity contribution in [2.75, 3.05) is 26.2 Å². The molecule has 0 radical (unpaired) electrons. The standard InChI is InChI=1S/C19H19F2N3O2/c1-13-2-3-14(12-22-13)10-18(25)23-6-8-24(9-7-23)19(26)15-4-5-16(20)17(21)11-15/h2-5,11-12H,6-10H2,1H3. The van der Waals surface area contributed by atoms with Crippen molar-refractivity contribution >= 4 is 11.8 Å². The van der Waals surface area contributed by atoms with E-state index in [0.717, 1.165) is 23.4 Å². The number of aryl methyl sites for hydroxylation is 1. The molecule has 0 atom stereocenters. The van der Waals surface area contributed by atoms with E-state index in [1.807, 2.05) is 19.1 Å². The highest BCUT2D eigenvalue weighted by Gasteiger charge is 2.25. The minimum absolute atomic E-state index is 0.0180. The van der Waals surface area contributed by atoms with Crippen LogP contribution in [0.2, 0.25) is 0 Å². The molecule has 1 aliphatic rings. The number of carbonyl (C=O) groups is 2. The number of benzene rings is 1. The van der Waals surface area contributed by atoms with E-state index in [9.17, 15) is 18.4 Å². The Labute approximate surface area is 150 Å². The van der Waals surface area contributed by atoms with Crippen LogP contribution in [0.3, 0.4) is 0 Å². The van der Waals surface area contributed by atoms with Gasteiger partial charge in [-0.3, -0.25) is 14.6 Å². The van der Waals surface area contributed by atoms with Crippen molar-refractivity contribution < 1.29 is 18.4 Å². The lowest BCUT2D eigenvalue weighted by Gasteiger charge is -2.35. The van der Waals surface area contributed by atoms with Gasteiger partial charge < -0.3 is 9.80 Å². The van der Waals surface area contributed by atoms with Crippen LogP contribution in [0, 0.1) is 18.6 Å². The molecule has 2 heterocycles. The largest absolute Gasteiger partial charge is 0.339 e. The summed E-state index contributed by atoms with van der Waals surface area (Å²) < 4.78 is 26.3. The summed E-state index contributed by atoms with van der Waals surface area (Å²) in [6, 6.07) is 6.85. The van der Waals surface area contributed by atoms with Crippen molar-refractivity contribution in [3.8, 4) is 0 Å². The van der Waals surface area contributed by atoms with E-state index in [0.29, 0.717) is 26.2 Å². The monoisotopic (exact) mass is 359 g/mol. The molecule has 1 aliphatic heterocycles. The Bertz CT molecular complexity index is 816. The summed E-state index contributed by atoms with van der Waals surface area (Å²) in [6.07, 6.45) is 1.96. The van der Waals surface area contributed by atoms with Gasteiger partial charge in [-0.2, -0.15) is 0 Å². The average molecular weight is 359 g/mol. The Morgan fingerprint density at radius 3 is 2.31 bits per heavy atom. The van der Waals surface area contributed by atoms with Crippen molar-refractivity contribution in [1.82, 2.24) is 14.8 Å². The van der Waals surface area contributed by atoms with Crippen LogP contribution < -0.4 is 0 Å². The smallest absolute Gasteiger partial charge is 0.254 e. The SMILES string of the molecule is Cc1ccc(CC(=O)N2CCN(C(=O)c3ccc(F)c(F)c3)CC2)cn1. The molecule has 0 N–H and O–H groups in total. The van der Waals surface area contributed by atoms with Gasteiger partial charge in [0, 0.05) is 43.6 Å². The second-order valence-corrected chi connectivity index (χ2v) is 6.29. The first kappa shape index (κ1) is 18.0. The normalized spacial score (nSPS) is 14.4. The third-order valence-electron chi connectivity index (χ3n) is 4.41. The van der Waals surface area contributed by atoms with Gasteiger partial charge in [0.15, 0.2) is 11.6 Å². The van der Waals surface area contributed by atoms with Gasteiger partial charge in [0.05, 0.1) is 6.42 Å². The first-order valence-corrected chi connectivity index (χ1v) is 8.37. The average Bonchev–Trinajstić information content (AvgIpc) is 2.65. The maximum absolute atomic E-state index is 13.3. The van der Waals surface area contributed by atoms with Crippen molar-refractivity contribution in [3.63, 3.8) is 0 Å². The Morgan fingerprint density at radius 2 is 1.69 bits per heavy atom. The molecule has 2 aromatic rings. The molecule has 0 spiro atoms. The van der Waals surface area contributed by atoms with Crippen LogP contribution in [-0.4, -0.2) is 52.8 Å². The number of pyridine rings is 1. The molecule has 136 valence electrons. The second-order valence-electron chi connectivity index (χ2n) is 6.29. The number of amides is 2. The summed E-state index contributed by atoms with van der Waals surface area (Å²) >= 11 is 0. The third kappa shape index (κ3) is 4.04. The molecule has 0 bridgehead atoms. The molecule has 7 heteroatoms. The number of piperazine rings is 1. The Hall–Kier alpha value is -2.83. The summed E-state index contributed by atoms with van der Waals surface area (Å²) in [5.74, 6) is -2.41. The zero-order chi connectivity index (χ0) is 18.7. The molecule has 0 saturated carbocycles. The molecule has 0 aliphatic carbocycles. The minimum atomic E-state index is -1.05. The maximum atomic E-state index is 13.3. The van der Waals surface area contributed by atoms with Gasteiger partial charge in [-0.25, -0.2) is 8.78 Å². The van der Waals surface area contributed by atoms with E-state index in [2.05, 4.69) is 4.98 Å². The molecule has 3 rings (SSSR count). The van der Waals surface area contributed by atoms with Gasteiger partial charge >= 0.3 is 0 Å². The van der Waals surface area contributed by atoms with Gasteiger partial charge in [0.2, 0.25) is 5.91 Å². The highest BCUT2D eigenvalue weighted by molar-refractivity contribution is 5.94. The zero-order valence-corrected chi connectivity index (χ0v) is 14.4. The lowest BCUT2D eigenvalue weighted by atomic mass is 10.1. The van der Waals surface area contributed by atoms with Gasteiger partial charge in [0.25, 0.3) is 5.91 Å². The molecule has 26 heavy (non-hydrogen) atoms. The highest BCUT2D eigenvalue weighted by Crippen LogP contribution is 2.13. The van der Waals surface area contributed by atoms with E-state index in [1.54, 1.807) is 16.0 Å². The minimum Gasteiger partial charge on any atom is -0.339 e. The van der Waals surface area contributed by atoms with E-state index in [-0.39, 0.29) is 23.8 Å². The first-order chi connectivity index (χ1) is 12.4. The van der Waals surface area contributed by atoms with Crippen molar-refractivity contribution in [3.05, 3.63) is 65.0 Å². The Kier molecular flexibility index (Phi) is 5.25. The fraction of sp³-hybridized carbons (Fsp3) is 0.316. The van der Waals surface area contributed by atoms with Crippen LogP contribution in [0.1, 0.15) is 21.6 Å². The van der Waals surface area contributed by atoms with Crippen LogP contribution in [0.25, 0.3) is 0 Å². The highest BCUT2D eigenvalue weighted by atomic mass is 19.2. The summed E-state index contributed by atoms with van der Waals surface area (Å²) in [5.41, 5.74) is 1.85. The van der Waals surface area contributed by atoms with Crippen LogP contribution >= 0.6 is 0 Å². The molecular weight excluding hydrogens is 340 g/mol. The number of carbonyl (C=O) groups excluding carboxylic acids is 2. The van der Waals surface area contributed by atoms with Crippen LogP contribution in [0.5, 0.6) is 0 Å². The molecule has 5 nitrogen and oxygen atoms in total. The van der Waals surface area contributed by atoms with Gasteiger partial charge in [0.1, 0.15) is 0 Å². The topological polar surface area (TPSA) is 53.5 Å². The number of hydrogen-bond donors (Lipinski definition) is 0. The fourth-order valence-corrected chi connectivity index (χ4v) is 2.86. The van der Waals surface area contributed by atoms with E-state index in [4.69, 9.17) is 0 Å². The van der Waals surface area contributed by atoms with Crippen LogP contribution in [0.4, 0.5) is 8.78 Å². The second kappa shape index (κ2) is 7.59. The van der Waals surface area contributed by atoms with Crippen molar-refractivity contribution in [2.45, 2.75) is 13.3 Å². The predicted octanol–water partition coefficient (Wildman–Crippen LogP) is 2.20. The quantitative estimate of drug-likeness (QED) is 0.844. The lowest BCUT2D eigenvalue weighted by Crippen LogP contribution is -2.51. The summed E-state index contributed by atoms with van der Waals surface area (Å²) in [6.45, 7) is 3.42. The Morgan fingerprint density at radius 1 is 1.00 bits per heavy atom. The molecular formula is C19H19F2N3O2. The van der Waals surface area contributed by atoms with Gasteiger partial charge in [-0.1, -0.05) is 6.07 Å². The molecule has 1 fully saturated rings. The van der Waals surface area contributed by atoms with E-state index < -0.39 is 11.6 Å². The zero-order valence-electron chi connectivity index (χ0n) is 14.4. The van der Waals surface area contributed by atoms with E-state index >= 15 is 0 Å². The van der Waals surface area contributed by atoms with Crippen LogP contribution in [0.15, 0.2) is 36.5 Å². The number of aromatic nitrogens is 1. The number of nitrogens with zero attached hydrogens (tertiary/aromatic N) is 3. The number of rotatable bonds is 3. The number of hydrogen-bond acceptors (Lipinski definition) is 3. The van der Waals surface area contributed by atoms with Gasteiger partial charge in [-0.15, -0.1) is 0 Å². The molecule has 2 amide bonds.